The number of alkyl halides is 2. The number of ether oxygens (including phenoxy) is 1. The molecule has 114 valence electrons. The maximum Gasteiger partial charge on any atom is 0.387 e. The SMILES string of the molecule is O=C1CNC(c2ccccc2OC(F)F)N1CCC1CC1. The second-order valence-corrected chi connectivity index (χ2v) is 5.52. The molecule has 1 amide bonds. The Kier molecular flexibility index (Phi) is 4.05. The van der Waals surface area contributed by atoms with Gasteiger partial charge in [0, 0.05) is 12.1 Å². The second-order valence-electron chi connectivity index (χ2n) is 5.52. The van der Waals surface area contributed by atoms with Crippen molar-refractivity contribution in [3.8, 4) is 5.75 Å². The predicted molar refractivity (Wildman–Crippen MR) is 72.9 cm³/mol. The van der Waals surface area contributed by atoms with Crippen LogP contribution in [-0.4, -0.2) is 30.5 Å². The van der Waals surface area contributed by atoms with Gasteiger partial charge in [-0.1, -0.05) is 31.0 Å². The Labute approximate surface area is 122 Å². The number of rotatable bonds is 6. The van der Waals surface area contributed by atoms with Crippen molar-refractivity contribution in [1.29, 1.82) is 0 Å². The average Bonchev–Trinajstić information content (AvgIpc) is 3.20. The lowest BCUT2D eigenvalue weighted by atomic mass is 10.1. The summed E-state index contributed by atoms with van der Waals surface area (Å²) in [6, 6.07) is 6.63. The van der Waals surface area contributed by atoms with Crippen molar-refractivity contribution in [2.45, 2.75) is 32.0 Å². The van der Waals surface area contributed by atoms with E-state index >= 15 is 0 Å². The fraction of sp³-hybridized carbons (Fsp3) is 0.533. The van der Waals surface area contributed by atoms with E-state index in [1.807, 2.05) is 0 Å². The summed E-state index contributed by atoms with van der Waals surface area (Å²) >= 11 is 0. The lowest BCUT2D eigenvalue weighted by Gasteiger charge is -2.26. The number of benzene rings is 1. The molecule has 21 heavy (non-hydrogen) atoms. The van der Waals surface area contributed by atoms with Crippen LogP contribution < -0.4 is 10.1 Å². The van der Waals surface area contributed by atoms with E-state index in [0.29, 0.717) is 18.0 Å². The summed E-state index contributed by atoms with van der Waals surface area (Å²) < 4.78 is 29.6. The first-order valence-electron chi connectivity index (χ1n) is 7.21. The third-order valence-corrected chi connectivity index (χ3v) is 3.98. The highest BCUT2D eigenvalue weighted by molar-refractivity contribution is 5.81. The molecular weight excluding hydrogens is 278 g/mol. The molecule has 0 spiro atoms. The number of halogens is 2. The highest BCUT2D eigenvalue weighted by Gasteiger charge is 2.34. The lowest BCUT2D eigenvalue weighted by Crippen LogP contribution is -2.31. The summed E-state index contributed by atoms with van der Waals surface area (Å²) in [6.45, 7) is -1.98. The number of para-hydroxylation sites is 1. The highest BCUT2D eigenvalue weighted by Crippen LogP contribution is 2.35. The van der Waals surface area contributed by atoms with Crippen LogP contribution in [0.3, 0.4) is 0 Å². The third kappa shape index (κ3) is 3.32. The Balaban J connectivity index is 1.78. The Morgan fingerprint density at radius 2 is 2.10 bits per heavy atom. The number of carbonyl (C=O) groups is 1. The molecule has 0 radical (unpaired) electrons. The summed E-state index contributed by atoms with van der Waals surface area (Å²) in [5, 5.41) is 3.08. The van der Waals surface area contributed by atoms with Gasteiger partial charge in [0.1, 0.15) is 11.9 Å². The smallest absolute Gasteiger partial charge is 0.387 e. The molecule has 3 rings (SSSR count). The van der Waals surface area contributed by atoms with Gasteiger partial charge in [-0.25, -0.2) is 0 Å². The van der Waals surface area contributed by atoms with Gasteiger partial charge < -0.3 is 9.64 Å². The average molecular weight is 296 g/mol. The molecular formula is C15H18F2N2O2. The van der Waals surface area contributed by atoms with Gasteiger partial charge in [-0.3, -0.25) is 10.1 Å². The fourth-order valence-electron chi connectivity index (χ4n) is 2.71. The van der Waals surface area contributed by atoms with Crippen molar-refractivity contribution in [3.05, 3.63) is 29.8 Å². The van der Waals surface area contributed by atoms with Crippen LogP contribution in [0.2, 0.25) is 0 Å². The van der Waals surface area contributed by atoms with Crippen molar-refractivity contribution in [2.24, 2.45) is 5.92 Å². The summed E-state index contributed by atoms with van der Waals surface area (Å²) in [4.78, 5) is 13.7. The molecule has 1 aromatic rings. The molecule has 0 aromatic heterocycles. The first-order chi connectivity index (χ1) is 10.1. The first kappa shape index (κ1) is 14.3. The molecule has 1 aromatic carbocycles. The van der Waals surface area contributed by atoms with Gasteiger partial charge in [-0.2, -0.15) is 8.78 Å². The maximum atomic E-state index is 12.5. The minimum absolute atomic E-state index is 0.00694. The van der Waals surface area contributed by atoms with Crippen LogP contribution >= 0.6 is 0 Å². The molecule has 1 unspecified atom stereocenters. The van der Waals surface area contributed by atoms with Gasteiger partial charge in [0.2, 0.25) is 5.91 Å². The largest absolute Gasteiger partial charge is 0.434 e. The molecule has 2 fully saturated rings. The summed E-state index contributed by atoms with van der Waals surface area (Å²) in [5.74, 6) is 0.843. The topological polar surface area (TPSA) is 41.6 Å². The number of carbonyl (C=O) groups excluding carboxylic acids is 1. The van der Waals surface area contributed by atoms with Crippen LogP contribution in [-0.2, 0) is 4.79 Å². The van der Waals surface area contributed by atoms with Gasteiger partial charge in [0.15, 0.2) is 0 Å². The van der Waals surface area contributed by atoms with Gasteiger partial charge in [0.25, 0.3) is 0 Å². The van der Waals surface area contributed by atoms with E-state index in [2.05, 4.69) is 10.1 Å². The van der Waals surface area contributed by atoms with Crippen molar-refractivity contribution in [3.63, 3.8) is 0 Å². The summed E-state index contributed by atoms with van der Waals surface area (Å²) in [5.41, 5.74) is 0.583. The lowest BCUT2D eigenvalue weighted by molar-refractivity contribution is -0.128. The van der Waals surface area contributed by atoms with Crippen LogP contribution in [0.4, 0.5) is 8.78 Å². The highest BCUT2D eigenvalue weighted by atomic mass is 19.3. The van der Waals surface area contributed by atoms with E-state index in [1.165, 1.54) is 18.9 Å². The Morgan fingerprint density at radius 1 is 1.33 bits per heavy atom. The molecule has 1 atom stereocenters. The van der Waals surface area contributed by atoms with Crippen molar-refractivity contribution >= 4 is 5.91 Å². The molecule has 1 heterocycles. The second kappa shape index (κ2) is 5.97. The first-order valence-corrected chi connectivity index (χ1v) is 7.21. The molecule has 1 saturated heterocycles. The van der Waals surface area contributed by atoms with Crippen LogP contribution in [0.5, 0.6) is 5.75 Å². The summed E-state index contributed by atoms with van der Waals surface area (Å²) in [6.07, 6.45) is 3.05. The number of hydrogen-bond donors (Lipinski definition) is 1. The quantitative estimate of drug-likeness (QED) is 0.877. The van der Waals surface area contributed by atoms with Crippen molar-refractivity contribution < 1.29 is 18.3 Å². The van der Waals surface area contributed by atoms with Crippen LogP contribution in [0.1, 0.15) is 31.0 Å². The van der Waals surface area contributed by atoms with E-state index in [-0.39, 0.29) is 24.4 Å². The molecule has 1 aliphatic carbocycles. The molecule has 2 aliphatic rings. The van der Waals surface area contributed by atoms with Crippen LogP contribution in [0, 0.1) is 5.92 Å². The van der Waals surface area contributed by atoms with E-state index < -0.39 is 6.61 Å². The fourth-order valence-corrected chi connectivity index (χ4v) is 2.71. The van der Waals surface area contributed by atoms with E-state index in [4.69, 9.17) is 0 Å². The normalized spacial score (nSPS) is 22.1. The van der Waals surface area contributed by atoms with E-state index in [9.17, 15) is 13.6 Å². The zero-order chi connectivity index (χ0) is 14.8. The zero-order valence-electron chi connectivity index (χ0n) is 11.6. The number of nitrogens with one attached hydrogen (secondary N) is 1. The Bertz CT molecular complexity index is 520. The summed E-state index contributed by atoms with van der Waals surface area (Å²) in [7, 11) is 0. The Morgan fingerprint density at radius 3 is 2.81 bits per heavy atom. The van der Waals surface area contributed by atoms with Crippen LogP contribution in [0.25, 0.3) is 0 Å². The van der Waals surface area contributed by atoms with Crippen molar-refractivity contribution in [1.82, 2.24) is 10.2 Å². The third-order valence-electron chi connectivity index (χ3n) is 3.98. The Hall–Kier alpha value is -1.69. The zero-order valence-corrected chi connectivity index (χ0v) is 11.6. The minimum atomic E-state index is -2.87. The number of nitrogens with zero attached hydrogens (tertiary/aromatic N) is 1. The van der Waals surface area contributed by atoms with E-state index in [0.717, 1.165) is 6.42 Å². The van der Waals surface area contributed by atoms with Gasteiger partial charge in [-0.15, -0.1) is 0 Å². The molecule has 0 bridgehead atoms. The van der Waals surface area contributed by atoms with Crippen molar-refractivity contribution in [2.75, 3.05) is 13.1 Å². The van der Waals surface area contributed by atoms with Gasteiger partial charge in [0.05, 0.1) is 6.54 Å². The molecule has 6 heteroatoms. The number of hydrogen-bond acceptors (Lipinski definition) is 3. The minimum Gasteiger partial charge on any atom is -0.434 e. The molecule has 1 aliphatic heterocycles. The monoisotopic (exact) mass is 296 g/mol. The molecule has 1 N–H and O–H groups in total. The van der Waals surface area contributed by atoms with E-state index in [1.54, 1.807) is 23.1 Å². The molecule has 4 nitrogen and oxygen atoms in total. The van der Waals surface area contributed by atoms with Gasteiger partial charge >= 0.3 is 6.61 Å². The van der Waals surface area contributed by atoms with Crippen LogP contribution in [0.15, 0.2) is 24.3 Å². The van der Waals surface area contributed by atoms with Gasteiger partial charge in [-0.05, 0) is 18.4 Å². The maximum absolute atomic E-state index is 12.5. The molecule has 1 saturated carbocycles. The predicted octanol–water partition coefficient (Wildman–Crippen LogP) is 2.52. The number of amides is 1. The standard InChI is InChI=1S/C15H18F2N2O2/c16-15(17)21-12-4-2-1-3-11(12)14-18-9-13(20)19(14)8-7-10-5-6-10/h1-4,10,14-15,18H,5-9H2.